The molecule has 1 fully saturated rings. The van der Waals surface area contributed by atoms with Crippen LogP contribution in [0.3, 0.4) is 0 Å². The molecule has 31 heavy (non-hydrogen) atoms. The minimum Gasteiger partial charge on any atom is -0.398 e. The van der Waals surface area contributed by atoms with Gasteiger partial charge in [0.25, 0.3) is 0 Å². The van der Waals surface area contributed by atoms with Crippen LogP contribution in [0.1, 0.15) is 27.7 Å². The number of pyridine rings is 1. The fourth-order valence-corrected chi connectivity index (χ4v) is 3.76. The van der Waals surface area contributed by atoms with Crippen molar-refractivity contribution in [1.29, 1.82) is 0 Å². The lowest BCUT2D eigenvalue weighted by Gasteiger charge is -2.32. The van der Waals surface area contributed by atoms with Gasteiger partial charge in [0.1, 0.15) is 0 Å². The van der Waals surface area contributed by atoms with E-state index in [0.717, 1.165) is 27.7 Å². The third kappa shape index (κ3) is 3.42. The van der Waals surface area contributed by atoms with Gasteiger partial charge >= 0.3 is 7.12 Å². The van der Waals surface area contributed by atoms with Crippen LogP contribution < -0.4 is 5.59 Å². The van der Waals surface area contributed by atoms with Gasteiger partial charge in [0.15, 0.2) is 5.82 Å². The molecule has 1 aliphatic rings. The van der Waals surface area contributed by atoms with E-state index in [1.807, 2.05) is 76.2 Å². The van der Waals surface area contributed by atoms with Crippen molar-refractivity contribution in [2.75, 3.05) is 0 Å². The van der Waals surface area contributed by atoms with E-state index in [0.29, 0.717) is 11.4 Å². The minimum atomic E-state index is -0.587. The lowest BCUT2D eigenvalue weighted by Crippen LogP contribution is -2.41. The number of hydrogen-bond acceptors (Lipinski definition) is 5. The molecule has 0 aliphatic carbocycles. The van der Waals surface area contributed by atoms with E-state index in [9.17, 15) is 0 Å². The molecular formula is C25H24BN3O2. The van der Waals surface area contributed by atoms with Crippen LogP contribution >= 0.6 is 0 Å². The summed E-state index contributed by atoms with van der Waals surface area (Å²) in [5, 5.41) is 1.01. The highest BCUT2D eigenvalue weighted by molar-refractivity contribution is 6.62. The molecule has 2 aromatic heterocycles. The quantitative estimate of drug-likeness (QED) is 0.461. The average molecular weight is 409 g/mol. The topological polar surface area (TPSA) is 57.1 Å². The number of para-hydroxylation sites is 1. The number of rotatable bonds is 3. The van der Waals surface area contributed by atoms with E-state index >= 15 is 0 Å². The monoisotopic (exact) mass is 409 g/mol. The molecule has 0 radical (unpaired) electrons. The third-order valence-corrected chi connectivity index (χ3v) is 6.21. The standard InChI is InChI=1S/C25H24BN3O2/c1-24(2)25(3,4)31-26(30-24)22-19(14-10-16-27-22)23-28-20-15-9-8-13-18(20)21(29-23)17-11-6-5-7-12-17/h5-16H,1-4H3. The summed E-state index contributed by atoms with van der Waals surface area (Å²) in [4.78, 5) is 14.5. The lowest BCUT2D eigenvalue weighted by molar-refractivity contribution is 0.00578. The molecule has 0 N–H and O–H groups in total. The van der Waals surface area contributed by atoms with Crippen molar-refractivity contribution in [1.82, 2.24) is 15.0 Å². The van der Waals surface area contributed by atoms with E-state index in [1.54, 1.807) is 6.20 Å². The number of benzene rings is 2. The summed E-state index contributed by atoms with van der Waals surface area (Å²) in [5.74, 6) is 0.607. The van der Waals surface area contributed by atoms with Crippen molar-refractivity contribution in [3.8, 4) is 22.6 Å². The maximum absolute atomic E-state index is 6.27. The highest BCUT2D eigenvalue weighted by Crippen LogP contribution is 2.37. The largest absolute Gasteiger partial charge is 0.515 e. The van der Waals surface area contributed by atoms with Gasteiger partial charge in [-0.05, 0) is 45.9 Å². The summed E-state index contributed by atoms with van der Waals surface area (Å²) in [5.41, 5.74) is 3.42. The maximum atomic E-state index is 6.27. The Labute approximate surface area is 182 Å². The first kappa shape index (κ1) is 19.9. The minimum absolute atomic E-state index is 0.452. The first-order valence-electron chi connectivity index (χ1n) is 10.5. The zero-order valence-electron chi connectivity index (χ0n) is 18.2. The normalized spacial score (nSPS) is 17.2. The van der Waals surface area contributed by atoms with Crippen LogP contribution in [-0.2, 0) is 9.31 Å². The van der Waals surface area contributed by atoms with Gasteiger partial charge in [0, 0.05) is 22.7 Å². The summed E-state index contributed by atoms with van der Waals surface area (Å²) >= 11 is 0. The zero-order valence-corrected chi connectivity index (χ0v) is 18.2. The lowest BCUT2D eigenvalue weighted by atomic mass is 9.80. The average Bonchev–Trinajstić information content (AvgIpc) is 3.00. The van der Waals surface area contributed by atoms with Crippen molar-refractivity contribution in [2.24, 2.45) is 0 Å². The molecule has 0 saturated carbocycles. The fraction of sp³-hybridized carbons (Fsp3) is 0.240. The Balaban J connectivity index is 1.68. The molecule has 2 aromatic carbocycles. The Morgan fingerprint density at radius 1 is 0.742 bits per heavy atom. The van der Waals surface area contributed by atoms with Gasteiger partial charge in [-0.2, -0.15) is 0 Å². The Kier molecular flexibility index (Phi) is 4.65. The Morgan fingerprint density at radius 2 is 1.42 bits per heavy atom. The molecule has 0 amide bonds. The van der Waals surface area contributed by atoms with E-state index < -0.39 is 18.3 Å². The van der Waals surface area contributed by atoms with Crippen LogP contribution in [0.15, 0.2) is 72.9 Å². The van der Waals surface area contributed by atoms with Gasteiger partial charge < -0.3 is 9.31 Å². The van der Waals surface area contributed by atoms with Crippen molar-refractivity contribution in [3.05, 3.63) is 72.9 Å². The van der Waals surface area contributed by atoms with Crippen molar-refractivity contribution >= 4 is 23.6 Å². The summed E-state index contributed by atoms with van der Waals surface area (Å²) in [6.07, 6.45) is 1.75. The molecule has 0 bridgehead atoms. The van der Waals surface area contributed by atoms with Crippen molar-refractivity contribution < 1.29 is 9.31 Å². The first-order chi connectivity index (χ1) is 14.9. The summed E-state index contributed by atoms with van der Waals surface area (Å²) in [7, 11) is -0.587. The molecule has 0 unspecified atom stereocenters. The molecule has 1 saturated heterocycles. The van der Waals surface area contributed by atoms with E-state index in [-0.39, 0.29) is 0 Å². The predicted molar refractivity (Wildman–Crippen MR) is 124 cm³/mol. The van der Waals surface area contributed by atoms with Gasteiger partial charge in [-0.25, -0.2) is 9.97 Å². The van der Waals surface area contributed by atoms with Gasteiger partial charge in [0.2, 0.25) is 0 Å². The number of hydrogen-bond donors (Lipinski definition) is 0. The molecule has 5 nitrogen and oxygen atoms in total. The van der Waals surface area contributed by atoms with Crippen LogP contribution in [0.2, 0.25) is 0 Å². The smallest absolute Gasteiger partial charge is 0.398 e. The summed E-state index contributed by atoms with van der Waals surface area (Å²) < 4.78 is 12.5. The molecular weight excluding hydrogens is 385 g/mol. The zero-order chi connectivity index (χ0) is 21.6. The molecule has 0 spiro atoms. The van der Waals surface area contributed by atoms with Gasteiger partial charge in [-0.15, -0.1) is 0 Å². The number of nitrogens with zero attached hydrogens (tertiary/aromatic N) is 3. The molecule has 3 heterocycles. The SMILES string of the molecule is CC1(C)OB(c2ncccc2-c2nc(-c3ccccc3)c3ccccc3n2)OC1(C)C. The second kappa shape index (κ2) is 7.25. The molecule has 6 heteroatoms. The van der Waals surface area contributed by atoms with Crippen LogP contribution in [0.5, 0.6) is 0 Å². The van der Waals surface area contributed by atoms with Crippen LogP contribution in [0, 0.1) is 0 Å². The number of fused-ring (bicyclic) bond motifs is 1. The molecule has 0 atom stereocenters. The van der Waals surface area contributed by atoms with Crippen LogP contribution in [0.4, 0.5) is 0 Å². The second-order valence-electron chi connectivity index (χ2n) is 8.80. The molecule has 154 valence electrons. The first-order valence-corrected chi connectivity index (χ1v) is 10.5. The number of aromatic nitrogens is 3. The predicted octanol–water partition coefficient (Wildman–Crippen LogP) is 4.66. The Morgan fingerprint density at radius 3 is 2.16 bits per heavy atom. The Hall–Kier alpha value is -3.09. The van der Waals surface area contributed by atoms with E-state index in [1.165, 1.54) is 0 Å². The van der Waals surface area contributed by atoms with Crippen LogP contribution in [-0.4, -0.2) is 33.3 Å². The van der Waals surface area contributed by atoms with Crippen LogP contribution in [0.25, 0.3) is 33.5 Å². The highest BCUT2D eigenvalue weighted by atomic mass is 16.7. The Bertz CT molecular complexity index is 1240. The summed E-state index contributed by atoms with van der Waals surface area (Å²) in [6, 6.07) is 22.1. The van der Waals surface area contributed by atoms with E-state index in [4.69, 9.17) is 19.3 Å². The van der Waals surface area contributed by atoms with E-state index in [2.05, 4.69) is 23.2 Å². The van der Waals surface area contributed by atoms with Gasteiger partial charge in [0.05, 0.1) is 28.0 Å². The highest BCUT2D eigenvalue weighted by Gasteiger charge is 2.53. The van der Waals surface area contributed by atoms with Gasteiger partial charge in [-0.1, -0.05) is 48.5 Å². The summed E-state index contributed by atoms with van der Waals surface area (Å²) in [6.45, 7) is 8.15. The van der Waals surface area contributed by atoms with Crippen molar-refractivity contribution in [2.45, 2.75) is 38.9 Å². The molecule has 4 aromatic rings. The van der Waals surface area contributed by atoms with Crippen molar-refractivity contribution in [3.63, 3.8) is 0 Å². The van der Waals surface area contributed by atoms with Gasteiger partial charge in [-0.3, -0.25) is 4.98 Å². The molecule has 1 aliphatic heterocycles. The third-order valence-electron chi connectivity index (χ3n) is 6.21. The molecule has 5 rings (SSSR count). The second-order valence-corrected chi connectivity index (χ2v) is 8.80. The fourth-order valence-electron chi connectivity index (χ4n) is 3.76. The maximum Gasteiger partial charge on any atom is 0.515 e.